The molecule has 1 heterocycles. The SMILES string of the molecule is Cc1c(NC(=O)CSCCN)c(=O)n(-c2ccccc2)n1C. The van der Waals surface area contributed by atoms with E-state index >= 15 is 0 Å². The van der Waals surface area contributed by atoms with E-state index < -0.39 is 0 Å². The molecular weight excluding hydrogens is 300 g/mol. The number of thioether (sulfide) groups is 1. The topological polar surface area (TPSA) is 82.1 Å². The molecule has 0 aliphatic rings. The summed E-state index contributed by atoms with van der Waals surface area (Å²) in [5.41, 5.74) is 6.96. The van der Waals surface area contributed by atoms with Crippen molar-refractivity contribution in [2.24, 2.45) is 12.8 Å². The minimum atomic E-state index is -0.233. The van der Waals surface area contributed by atoms with Gasteiger partial charge < -0.3 is 11.1 Å². The maximum Gasteiger partial charge on any atom is 0.295 e. The fraction of sp³-hybridized carbons (Fsp3) is 0.333. The molecule has 0 aliphatic heterocycles. The van der Waals surface area contributed by atoms with Crippen LogP contribution < -0.4 is 16.6 Å². The van der Waals surface area contributed by atoms with Gasteiger partial charge in [-0.1, -0.05) is 18.2 Å². The number of para-hydroxylation sites is 1. The summed E-state index contributed by atoms with van der Waals surface area (Å²) in [4.78, 5) is 24.5. The first kappa shape index (κ1) is 16.4. The summed E-state index contributed by atoms with van der Waals surface area (Å²) in [6.45, 7) is 2.34. The summed E-state index contributed by atoms with van der Waals surface area (Å²) < 4.78 is 3.28. The Balaban J connectivity index is 2.27. The van der Waals surface area contributed by atoms with E-state index in [4.69, 9.17) is 5.73 Å². The molecule has 1 aromatic carbocycles. The van der Waals surface area contributed by atoms with Crippen molar-refractivity contribution in [2.45, 2.75) is 6.92 Å². The number of hydrogen-bond donors (Lipinski definition) is 2. The lowest BCUT2D eigenvalue weighted by Gasteiger charge is -2.07. The monoisotopic (exact) mass is 320 g/mol. The molecule has 22 heavy (non-hydrogen) atoms. The highest BCUT2D eigenvalue weighted by atomic mass is 32.2. The molecule has 2 rings (SSSR count). The Morgan fingerprint density at radius 2 is 2.00 bits per heavy atom. The van der Waals surface area contributed by atoms with Crippen LogP contribution in [0.3, 0.4) is 0 Å². The highest BCUT2D eigenvalue weighted by Crippen LogP contribution is 2.14. The Morgan fingerprint density at radius 3 is 2.64 bits per heavy atom. The average molecular weight is 320 g/mol. The molecule has 0 spiro atoms. The smallest absolute Gasteiger partial charge is 0.295 e. The number of amides is 1. The number of carbonyl (C=O) groups is 1. The zero-order valence-electron chi connectivity index (χ0n) is 12.7. The number of hydrogen-bond acceptors (Lipinski definition) is 4. The lowest BCUT2D eigenvalue weighted by Crippen LogP contribution is -2.23. The van der Waals surface area contributed by atoms with Gasteiger partial charge in [0.15, 0.2) is 0 Å². The third-order valence-corrected chi connectivity index (χ3v) is 4.30. The molecule has 118 valence electrons. The van der Waals surface area contributed by atoms with E-state index in [1.165, 1.54) is 16.4 Å². The number of nitrogens with one attached hydrogen (secondary N) is 1. The lowest BCUT2D eigenvalue weighted by atomic mass is 10.3. The van der Waals surface area contributed by atoms with Gasteiger partial charge in [-0.3, -0.25) is 14.3 Å². The molecule has 1 amide bonds. The van der Waals surface area contributed by atoms with Crippen molar-refractivity contribution in [3.63, 3.8) is 0 Å². The Hall–Kier alpha value is -1.99. The van der Waals surface area contributed by atoms with Crippen molar-refractivity contribution in [3.05, 3.63) is 46.4 Å². The predicted molar refractivity (Wildman–Crippen MR) is 90.8 cm³/mol. The Kier molecular flexibility index (Phi) is 5.46. The maximum absolute atomic E-state index is 12.6. The summed E-state index contributed by atoms with van der Waals surface area (Å²) in [6, 6.07) is 9.33. The molecule has 0 saturated heterocycles. The van der Waals surface area contributed by atoms with Gasteiger partial charge in [-0.05, 0) is 19.1 Å². The predicted octanol–water partition coefficient (Wildman–Crippen LogP) is 1.11. The summed E-state index contributed by atoms with van der Waals surface area (Å²) in [5, 5.41) is 2.71. The third kappa shape index (κ3) is 3.42. The maximum atomic E-state index is 12.6. The average Bonchev–Trinajstić information content (AvgIpc) is 2.72. The quantitative estimate of drug-likeness (QED) is 0.781. The van der Waals surface area contributed by atoms with E-state index in [0.29, 0.717) is 17.9 Å². The van der Waals surface area contributed by atoms with Gasteiger partial charge in [0.05, 0.1) is 17.1 Å². The molecule has 0 atom stereocenters. The van der Waals surface area contributed by atoms with Crippen LogP contribution in [-0.2, 0) is 11.8 Å². The van der Waals surface area contributed by atoms with Crippen LogP contribution in [0.2, 0.25) is 0 Å². The Morgan fingerprint density at radius 1 is 1.32 bits per heavy atom. The number of carbonyl (C=O) groups excluding carboxylic acids is 1. The van der Waals surface area contributed by atoms with Gasteiger partial charge in [0.1, 0.15) is 5.69 Å². The largest absolute Gasteiger partial charge is 0.330 e. The van der Waals surface area contributed by atoms with Crippen LogP contribution in [0, 0.1) is 6.92 Å². The number of benzene rings is 1. The zero-order valence-corrected chi connectivity index (χ0v) is 13.5. The van der Waals surface area contributed by atoms with Crippen LogP contribution in [0.5, 0.6) is 0 Å². The normalized spacial score (nSPS) is 10.7. The Bertz CT molecular complexity index is 706. The van der Waals surface area contributed by atoms with Gasteiger partial charge in [0.25, 0.3) is 5.56 Å². The lowest BCUT2D eigenvalue weighted by molar-refractivity contribution is -0.113. The van der Waals surface area contributed by atoms with Crippen LogP contribution in [0.25, 0.3) is 5.69 Å². The molecule has 3 N–H and O–H groups in total. The molecule has 2 aromatic rings. The van der Waals surface area contributed by atoms with Crippen molar-refractivity contribution < 1.29 is 4.79 Å². The van der Waals surface area contributed by atoms with E-state index in [9.17, 15) is 9.59 Å². The van der Waals surface area contributed by atoms with Crippen molar-refractivity contribution in [3.8, 4) is 5.69 Å². The van der Waals surface area contributed by atoms with Crippen molar-refractivity contribution in [2.75, 3.05) is 23.4 Å². The molecule has 1 aromatic heterocycles. The van der Waals surface area contributed by atoms with Crippen molar-refractivity contribution in [1.29, 1.82) is 0 Å². The van der Waals surface area contributed by atoms with E-state index in [1.807, 2.05) is 37.3 Å². The first-order valence-corrected chi connectivity index (χ1v) is 8.13. The van der Waals surface area contributed by atoms with Crippen molar-refractivity contribution >= 4 is 23.4 Å². The summed E-state index contributed by atoms with van der Waals surface area (Å²) >= 11 is 1.45. The standard InChI is InChI=1S/C15H20N4O2S/c1-11-14(17-13(20)10-22-9-8-16)15(21)19(18(11)2)12-6-4-3-5-7-12/h3-7H,8-10,16H2,1-2H3,(H,17,20). The fourth-order valence-corrected chi connectivity index (χ4v) is 2.70. The number of aromatic nitrogens is 2. The van der Waals surface area contributed by atoms with Crippen LogP contribution in [0.4, 0.5) is 5.69 Å². The molecule has 0 bridgehead atoms. The van der Waals surface area contributed by atoms with E-state index in [1.54, 1.807) is 11.7 Å². The van der Waals surface area contributed by atoms with E-state index in [-0.39, 0.29) is 17.2 Å². The molecule has 0 radical (unpaired) electrons. The number of anilines is 1. The van der Waals surface area contributed by atoms with Crippen LogP contribution in [-0.4, -0.2) is 33.3 Å². The summed E-state index contributed by atoms with van der Waals surface area (Å²) in [7, 11) is 1.79. The van der Waals surface area contributed by atoms with Gasteiger partial charge >= 0.3 is 0 Å². The fourth-order valence-electron chi connectivity index (χ4n) is 2.14. The zero-order chi connectivity index (χ0) is 16.1. The summed E-state index contributed by atoms with van der Waals surface area (Å²) in [6.07, 6.45) is 0. The van der Waals surface area contributed by atoms with Gasteiger partial charge in [0, 0.05) is 19.3 Å². The van der Waals surface area contributed by atoms with Gasteiger partial charge in [-0.15, -0.1) is 0 Å². The second-order valence-electron chi connectivity index (χ2n) is 4.83. The molecule has 0 saturated carbocycles. The third-order valence-electron chi connectivity index (χ3n) is 3.31. The van der Waals surface area contributed by atoms with Gasteiger partial charge in [0.2, 0.25) is 5.91 Å². The van der Waals surface area contributed by atoms with Crippen LogP contribution in [0.15, 0.2) is 35.1 Å². The number of nitrogens with two attached hydrogens (primary N) is 1. The van der Waals surface area contributed by atoms with Crippen LogP contribution in [0.1, 0.15) is 5.69 Å². The number of nitrogens with zero attached hydrogens (tertiary/aromatic N) is 2. The Labute approximate surface area is 133 Å². The number of rotatable bonds is 6. The minimum Gasteiger partial charge on any atom is -0.330 e. The van der Waals surface area contributed by atoms with E-state index in [0.717, 1.165) is 11.4 Å². The molecule has 7 heteroatoms. The summed E-state index contributed by atoms with van der Waals surface area (Å²) in [5.74, 6) is 0.815. The first-order valence-electron chi connectivity index (χ1n) is 6.98. The molecule has 0 fully saturated rings. The molecule has 6 nitrogen and oxygen atoms in total. The minimum absolute atomic E-state index is 0.190. The van der Waals surface area contributed by atoms with E-state index in [2.05, 4.69) is 5.32 Å². The molecule has 0 unspecified atom stereocenters. The van der Waals surface area contributed by atoms with Gasteiger partial charge in [-0.25, -0.2) is 4.68 Å². The van der Waals surface area contributed by atoms with Crippen LogP contribution >= 0.6 is 11.8 Å². The van der Waals surface area contributed by atoms with Crippen molar-refractivity contribution in [1.82, 2.24) is 9.36 Å². The molecular formula is C15H20N4O2S. The van der Waals surface area contributed by atoms with Gasteiger partial charge in [-0.2, -0.15) is 11.8 Å². The highest BCUT2D eigenvalue weighted by Gasteiger charge is 2.17. The first-order chi connectivity index (χ1) is 10.6. The highest BCUT2D eigenvalue weighted by molar-refractivity contribution is 7.99. The molecule has 0 aliphatic carbocycles. The second kappa shape index (κ2) is 7.33. The second-order valence-corrected chi connectivity index (χ2v) is 5.93.